The zero-order valence-electron chi connectivity index (χ0n) is 37.5. The van der Waals surface area contributed by atoms with Crippen molar-refractivity contribution < 1.29 is 91.4 Å². The molecule has 1 aliphatic rings. The quantitative estimate of drug-likeness (QED) is 0.0605. The van der Waals surface area contributed by atoms with E-state index in [0.717, 1.165) is 49.6 Å². The lowest BCUT2D eigenvalue weighted by molar-refractivity contribution is 0.0591. The Labute approximate surface area is 406 Å². The SMILES string of the molecule is COC(=O)c1cc2c(Oc3c(F)c(F)c(F)c(F)c3F)c(c1)Oc1nc(nc(-c3ccc(C)cc3)n1)Oc1cc(C(=O)OC)cc(c1Oc1c(F)c(F)c(F)c(F)c1F)Oc1nc(nc(-c3ccc(C)cc3)n1)O2. The number of carbonyl (C=O) groups excluding carboxylic acids is 2. The minimum atomic E-state index is -2.56. The molecule has 0 fully saturated rings. The van der Waals surface area contributed by atoms with Crippen LogP contribution in [0.25, 0.3) is 22.8 Å². The van der Waals surface area contributed by atoms with Gasteiger partial charge in [0.05, 0.1) is 25.3 Å². The van der Waals surface area contributed by atoms with Crippen LogP contribution in [0.1, 0.15) is 31.8 Å². The van der Waals surface area contributed by atoms with Crippen molar-refractivity contribution in [3.63, 3.8) is 0 Å². The van der Waals surface area contributed by atoms with Crippen molar-refractivity contribution in [3.05, 3.63) is 153 Å². The lowest BCUT2D eigenvalue weighted by atomic mass is 10.1. The minimum Gasteiger partial charge on any atom is -0.465 e. The number of carbonyl (C=O) groups is 2. The first-order valence-corrected chi connectivity index (χ1v) is 20.6. The van der Waals surface area contributed by atoms with Crippen molar-refractivity contribution in [1.82, 2.24) is 29.9 Å². The van der Waals surface area contributed by atoms with E-state index in [9.17, 15) is 35.9 Å². The summed E-state index contributed by atoms with van der Waals surface area (Å²) in [6, 6.07) is 11.5. The predicted molar refractivity (Wildman–Crippen MR) is 228 cm³/mol. The second-order valence-electron chi connectivity index (χ2n) is 15.2. The van der Waals surface area contributed by atoms with Crippen molar-refractivity contribution in [2.45, 2.75) is 13.8 Å². The molecular weight excluding hydrogens is 1010 g/mol. The van der Waals surface area contributed by atoms with Crippen molar-refractivity contribution in [1.29, 1.82) is 0 Å². The third-order valence-electron chi connectivity index (χ3n) is 10.2. The average molecular weight is 1030 g/mol. The summed E-state index contributed by atoms with van der Waals surface area (Å²) < 4.78 is 194. The fourth-order valence-corrected chi connectivity index (χ4v) is 6.60. The van der Waals surface area contributed by atoms with Crippen molar-refractivity contribution in [2.24, 2.45) is 0 Å². The predicted octanol–water partition coefficient (Wildman–Crippen LogP) is 12.0. The van der Waals surface area contributed by atoms with Crippen LogP contribution in [-0.2, 0) is 9.47 Å². The fraction of sp³-hybridized carbons (Fsp3) is 0.0833. The van der Waals surface area contributed by atoms with E-state index in [1.807, 2.05) is 0 Å². The maximum Gasteiger partial charge on any atom is 0.338 e. The van der Waals surface area contributed by atoms with Crippen molar-refractivity contribution in [3.8, 4) is 92.8 Å². The third kappa shape index (κ3) is 9.37. The first-order chi connectivity index (χ1) is 35.3. The molecule has 0 saturated heterocycles. The number of hydrogen-bond donors (Lipinski definition) is 0. The van der Waals surface area contributed by atoms with E-state index in [4.69, 9.17) is 37.9 Å². The van der Waals surface area contributed by atoms with Crippen LogP contribution >= 0.6 is 0 Å². The molecule has 74 heavy (non-hydrogen) atoms. The van der Waals surface area contributed by atoms with Gasteiger partial charge in [-0.3, -0.25) is 0 Å². The molecule has 0 aliphatic carbocycles. The summed E-state index contributed by atoms with van der Waals surface area (Å²) in [6.07, 6.45) is 0. The third-order valence-corrected chi connectivity index (χ3v) is 10.2. The first-order valence-electron chi connectivity index (χ1n) is 20.6. The number of nitrogens with zero attached hydrogens (tertiary/aromatic N) is 6. The molecule has 376 valence electrons. The Morgan fingerprint density at radius 1 is 0.378 bits per heavy atom. The van der Waals surface area contributed by atoms with Crippen molar-refractivity contribution >= 4 is 11.9 Å². The molecule has 0 spiro atoms. The van der Waals surface area contributed by atoms with Gasteiger partial charge in [0.1, 0.15) is 0 Å². The van der Waals surface area contributed by atoms with Gasteiger partial charge in [-0.15, -0.1) is 9.97 Å². The average Bonchev–Trinajstić information content (AvgIpc) is 3.39. The normalized spacial score (nSPS) is 11.6. The molecule has 26 heteroatoms. The van der Waals surface area contributed by atoms with E-state index in [1.54, 1.807) is 38.1 Å². The van der Waals surface area contributed by atoms with Gasteiger partial charge in [-0.25, -0.2) is 35.9 Å². The standard InChI is InChI=1S/C48H24F10N6O10/c1-17-5-9-19(10-6-17)41-59-45-63-46(60-41)70-24-14-22(44(66)68-4)16-26(38(24)74-40-35(57)31(53)28(50)32(54)36(40)58)72-48-62-42(20-11-7-18(2)8-12-20)61-47(64-48)71-25-15-21(43(65)67-3)13-23(69-45)37(25)73-39-33(55)29(51)27(49)30(52)34(39)56/h5-16H,1-4H3. The zero-order valence-corrected chi connectivity index (χ0v) is 37.5. The summed E-state index contributed by atoms with van der Waals surface area (Å²) in [5.74, 6) is -37.8. The summed E-state index contributed by atoms with van der Waals surface area (Å²) in [5.41, 5.74) is 0.660. The zero-order chi connectivity index (χ0) is 52.9. The summed E-state index contributed by atoms with van der Waals surface area (Å²) in [6.45, 7) is 3.43. The van der Waals surface area contributed by atoms with Crippen LogP contribution in [0.4, 0.5) is 43.9 Å². The number of benzene rings is 6. The molecule has 0 amide bonds. The summed E-state index contributed by atoms with van der Waals surface area (Å²) in [5, 5.41) is 0. The van der Waals surface area contributed by atoms with Gasteiger partial charge in [0.25, 0.3) is 0 Å². The highest BCUT2D eigenvalue weighted by molar-refractivity contribution is 5.92. The lowest BCUT2D eigenvalue weighted by Crippen LogP contribution is -2.10. The molecule has 6 aromatic carbocycles. The lowest BCUT2D eigenvalue weighted by Gasteiger charge is -2.20. The van der Waals surface area contributed by atoms with Gasteiger partial charge < -0.3 is 37.9 Å². The maximum atomic E-state index is 15.5. The molecule has 0 N–H and O–H groups in total. The van der Waals surface area contributed by atoms with Crippen molar-refractivity contribution in [2.75, 3.05) is 14.2 Å². The maximum absolute atomic E-state index is 15.5. The molecule has 9 rings (SSSR count). The highest BCUT2D eigenvalue weighted by Gasteiger charge is 2.34. The Kier molecular flexibility index (Phi) is 13.0. The van der Waals surface area contributed by atoms with E-state index in [1.165, 1.54) is 24.3 Å². The Morgan fingerprint density at radius 3 is 0.892 bits per heavy atom. The van der Waals surface area contributed by atoms with Crippen LogP contribution in [0.3, 0.4) is 0 Å². The van der Waals surface area contributed by atoms with E-state index in [0.29, 0.717) is 0 Å². The van der Waals surface area contributed by atoms with Crippen LogP contribution in [0.15, 0.2) is 72.8 Å². The van der Waals surface area contributed by atoms with E-state index in [-0.39, 0.29) is 22.8 Å². The van der Waals surface area contributed by atoms with Gasteiger partial charge >= 0.3 is 36.0 Å². The van der Waals surface area contributed by atoms with Gasteiger partial charge in [-0.1, -0.05) is 59.7 Å². The Morgan fingerprint density at radius 2 is 0.635 bits per heavy atom. The van der Waals surface area contributed by atoms with Gasteiger partial charge in [-0.05, 0) is 38.1 Å². The van der Waals surface area contributed by atoms with Crippen LogP contribution < -0.4 is 28.4 Å². The molecule has 0 atom stereocenters. The molecule has 0 unspecified atom stereocenters. The number of fused-ring (bicyclic) bond motifs is 8. The van der Waals surface area contributed by atoms with Crippen LogP contribution in [0.5, 0.6) is 70.0 Å². The van der Waals surface area contributed by atoms with Gasteiger partial charge in [0.15, 0.2) is 34.6 Å². The van der Waals surface area contributed by atoms with Gasteiger partial charge in [0.2, 0.25) is 81.2 Å². The van der Waals surface area contributed by atoms with Gasteiger partial charge in [-0.2, -0.15) is 37.5 Å². The number of ether oxygens (including phenoxy) is 8. The Bertz CT molecular complexity index is 3250. The molecule has 16 nitrogen and oxygen atoms in total. The number of aryl methyl sites for hydroxylation is 2. The Hall–Kier alpha value is -9.62. The number of methoxy groups -OCH3 is 2. The van der Waals surface area contributed by atoms with E-state index in [2.05, 4.69) is 29.9 Å². The fourth-order valence-electron chi connectivity index (χ4n) is 6.60. The highest BCUT2D eigenvalue weighted by Crippen LogP contribution is 2.49. The molecule has 8 bridgehead atoms. The molecule has 8 aromatic rings. The topological polar surface area (TPSA) is 185 Å². The summed E-state index contributed by atoms with van der Waals surface area (Å²) >= 11 is 0. The summed E-state index contributed by atoms with van der Waals surface area (Å²) in [4.78, 5) is 51.6. The van der Waals surface area contributed by atoms with Crippen LogP contribution in [0, 0.1) is 72.0 Å². The van der Waals surface area contributed by atoms with Gasteiger partial charge in [0, 0.05) is 11.1 Å². The second kappa shape index (κ2) is 19.5. The highest BCUT2D eigenvalue weighted by atomic mass is 19.2. The number of aromatic nitrogens is 6. The monoisotopic (exact) mass is 1030 g/mol. The van der Waals surface area contributed by atoms with Crippen LogP contribution in [0.2, 0.25) is 0 Å². The molecule has 0 saturated carbocycles. The first kappa shape index (κ1) is 49.4. The largest absolute Gasteiger partial charge is 0.465 e. The Balaban J connectivity index is 1.37. The molecule has 1 aliphatic heterocycles. The van der Waals surface area contributed by atoms with Crippen LogP contribution in [-0.4, -0.2) is 56.1 Å². The molecule has 3 heterocycles. The second-order valence-corrected chi connectivity index (χ2v) is 15.2. The number of hydrogen-bond acceptors (Lipinski definition) is 16. The van der Waals surface area contributed by atoms with E-state index >= 15 is 17.6 Å². The smallest absolute Gasteiger partial charge is 0.338 e. The number of halogens is 10. The molecule has 2 aromatic heterocycles. The number of rotatable bonds is 8. The summed E-state index contributed by atoms with van der Waals surface area (Å²) in [7, 11) is 1.89. The van der Waals surface area contributed by atoms with E-state index < -0.39 is 151 Å². The molecular formula is C48H24F10N6O10. The molecule has 0 radical (unpaired) electrons. The minimum absolute atomic E-state index is 0.142. The number of esters is 2.